The molecule has 1 aromatic carbocycles. The van der Waals surface area contributed by atoms with Crippen LogP contribution in [0.4, 0.5) is 11.4 Å². The first-order chi connectivity index (χ1) is 8.22. The van der Waals surface area contributed by atoms with Gasteiger partial charge in [-0.1, -0.05) is 15.9 Å². The van der Waals surface area contributed by atoms with Gasteiger partial charge in [0.2, 0.25) is 0 Å². The summed E-state index contributed by atoms with van der Waals surface area (Å²) in [5.41, 5.74) is 7.91. The second kappa shape index (κ2) is 4.50. The van der Waals surface area contributed by atoms with Crippen molar-refractivity contribution in [2.24, 2.45) is 5.92 Å². The maximum absolute atomic E-state index is 6.01. The molecule has 0 radical (unpaired) electrons. The summed E-state index contributed by atoms with van der Waals surface area (Å²) < 4.78 is 1.08. The maximum atomic E-state index is 6.01. The average molecular weight is 296 g/mol. The normalized spacial score (nSPS) is 31.5. The van der Waals surface area contributed by atoms with Gasteiger partial charge in [-0.25, -0.2) is 0 Å². The van der Waals surface area contributed by atoms with E-state index in [9.17, 15) is 0 Å². The highest BCUT2D eigenvalue weighted by atomic mass is 79.9. The van der Waals surface area contributed by atoms with Crippen LogP contribution in [-0.2, 0) is 0 Å². The molecule has 0 aromatic heterocycles. The van der Waals surface area contributed by atoms with Crippen LogP contribution in [-0.4, -0.2) is 30.6 Å². The predicted octanol–water partition coefficient (Wildman–Crippen LogP) is 2.54. The van der Waals surface area contributed by atoms with E-state index in [0.717, 1.165) is 28.3 Å². The molecule has 3 heterocycles. The van der Waals surface area contributed by atoms with Crippen molar-refractivity contribution < 1.29 is 0 Å². The van der Waals surface area contributed by atoms with Crippen LogP contribution in [0.5, 0.6) is 0 Å². The molecule has 3 fully saturated rings. The number of nitrogens with one attached hydrogen (secondary N) is 1. The Morgan fingerprint density at radius 1 is 1.29 bits per heavy atom. The van der Waals surface area contributed by atoms with E-state index < -0.39 is 0 Å². The fourth-order valence-electron chi connectivity index (χ4n) is 2.98. The first-order valence-electron chi connectivity index (χ1n) is 6.26. The summed E-state index contributed by atoms with van der Waals surface area (Å²) in [5, 5.41) is 3.62. The Hall–Kier alpha value is -0.740. The Morgan fingerprint density at radius 2 is 2.06 bits per heavy atom. The van der Waals surface area contributed by atoms with Gasteiger partial charge in [0.25, 0.3) is 0 Å². The second-order valence-electron chi connectivity index (χ2n) is 5.12. The van der Waals surface area contributed by atoms with Crippen LogP contribution >= 0.6 is 15.9 Å². The van der Waals surface area contributed by atoms with Crippen molar-refractivity contribution in [3.8, 4) is 0 Å². The summed E-state index contributed by atoms with van der Waals surface area (Å²) in [6.07, 6.45) is 2.65. The number of piperidine rings is 3. The number of nitrogens with zero attached hydrogens (tertiary/aromatic N) is 1. The molecule has 3 N–H and O–H groups in total. The molecule has 3 nitrogen and oxygen atoms in total. The van der Waals surface area contributed by atoms with Gasteiger partial charge in [0.05, 0.1) is 11.4 Å². The third-order valence-corrected chi connectivity index (χ3v) is 4.51. The van der Waals surface area contributed by atoms with Gasteiger partial charge >= 0.3 is 0 Å². The van der Waals surface area contributed by atoms with E-state index in [4.69, 9.17) is 5.73 Å². The van der Waals surface area contributed by atoms with Crippen molar-refractivity contribution in [1.29, 1.82) is 0 Å². The summed E-state index contributed by atoms with van der Waals surface area (Å²) >= 11 is 3.50. The number of nitrogen functional groups attached to an aromatic ring is 1. The molecule has 17 heavy (non-hydrogen) atoms. The van der Waals surface area contributed by atoms with Gasteiger partial charge in [-0.15, -0.1) is 0 Å². The highest BCUT2D eigenvalue weighted by Crippen LogP contribution is 2.32. The van der Waals surface area contributed by atoms with Crippen LogP contribution in [0.1, 0.15) is 12.8 Å². The van der Waals surface area contributed by atoms with Crippen LogP contribution in [0.25, 0.3) is 0 Å². The lowest BCUT2D eigenvalue weighted by molar-refractivity contribution is 0.0975. The monoisotopic (exact) mass is 295 g/mol. The van der Waals surface area contributed by atoms with Gasteiger partial charge in [0, 0.05) is 17.1 Å². The predicted molar refractivity (Wildman–Crippen MR) is 75.1 cm³/mol. The molecule has 4 heteroatoms. The van der Waals surface area contributed by atoms with Gasteiger partial charge in [0.15, 0.2) is 0 Å². The van der Waals surface area contributed by atoms with Gasteiger partial charge < -0.3 is 16.0 Å². The van der Waals surface area contributed by atoms with Gasteiger partial charge in [0.1, 0.15) is 0 Å². The Labute approximate surface area is 110 Å². The summed E-state index contributed by atoms with van der Waals surface area (Å²) in [6.45, 7) is 3.71. The SMILES string of the molecule is Nc1ccc(Br)cc1NC1CN2CCC1CC2. The molecule has 3 aliphatic heterocycles. The van der Waals surface area contributed by atoms with Crippen molar-refractivity contribution in [2.75, 3.05) is 30.7 Å². The number of hydrogen-bond acceptors (Lipinski definition) is 3. The molecule has 92 valence electrons. The lowest BCUT2D eigenvalue weighted by Crippen LogP contribution is -2.53. The topological polar surface area (TPSA) is 41.3 Å². The molecule has 0 amide bonds. The van der Waals surface area contributed by atoms with E-state index in [1.165, 1.54) is 25.9 Å². The van der Waals surface area contributed by atoms with Crippen molar-refractivity contribution in [2.45, 2.75) is 18.9 Å². The molecule has 0 spiro atoms. The minimum absolute atomic E-state index is 0.564. The smallest absolute Gasteiger partial charge is 0.0587 e. The lowest BCUT2D eigenvalue weighted by atomic mass is 9.84. The maximum Gasteiger partial charge on any atom is 0.0587 e. The zero-order valence-electron chi connectivity index (χ0n) is 9.82. The van der Waals surface area contributed by atoms with Crippen molar-refractivity contribution in [3.05, 3.63) is 22.7 Å². The fourth-order valence-corrected chi connectivity index (χ4v) is 3.34. The number of benzene rings is 1. The fraction of sp³-hybridized carbons (Fsp3) is 0.538. The quantitative estimate of drug-likeness (QED) is 0.824. The average Bonchev–Trinajstić information content (AvgIpc) is 2.35. The Kier molecular flexibility index (Phi) is 3.01. The molecule has 3 saturated heterocycles. The van der Waals surface area contributed by atoms with Crippen LogP contribution in [0.3, 0.4) is 0 Å². The standard InChI is InChI=1S/C13H18BrN3/c14-10-1-2-11(15)12(7-10)16-13-8-17-5-3-9(13)4-6-17/h1-2,7,9,13,16H,3-6,8,15H2. The van der Waals surface area contributed by atoms with Crippen molar-refractivity contribution >= 4 is 27.3 Å². The molecule has 0 aliphatic carbocycles. The third kappa shape index (κ3) is 2.29. The summed E-state index contributed by atoms with van der Waals surface area (Å²) in [7, 11) is 0. The van der Waals surface area contributed by atoms with E-state index in [1.54, 1.807) is 0 Å². The number of anilines is 2. The Balaban J connectivity index is 1.76. The Bertz CT molecular complexity index is 413. The van der Waals surface area contributed by atoms with E-state index in [1.807, 2.05) is 12.1 Å². The highest BCUT2D eigenvalue weighted by molar-refractivity contribution is 9.10. The molecule has 4 rings (SSSR count). The van der Waals surface area contributed by atoms with Gasteiger partial charge in [-0.3, -0.25) is 0 Å². The minimum atomic E-state index is 0.564. The first-order valence-corrected chi connectivity index (χ1v) is 7.05. The van der Waals surface area contributed by atoms with E-state index in [-0.39, 0.29) is 0 Å². The highest BCUT2D eigenvalue weighted by Gasteiger charge is 2.34. The zero-order chi connectivity index (χ0) is 11.8. The molecule has 3 aliphatic rings. The summed E-state index contributed by atoms with van der Waals surface area (Å²) in [4.78, 5) is 2.55. The number of halogens is 1. The van der Waals surface area contributed by atoms with Crippen LogP contribution in [0.2, 0.25) is 0 Å². The number of rotatable bonds is 2. The van der Waals surface area contributed by atoms with Crippen LogP contribution in [0.15, 0.2) is 22.7 Å². The Morgan fingerprint density at radius 3 is 2.71 bits per heavy atom. The van der Waals surface area contributed by atoms with Gasteiger partial charge in [-0.2, -0.15) is 0 Å². The molecule has 1 atom stereocenters. The minimum Gasteiger partial charge on any atom is -0.397 e. The van der Waals surface area contributed by atoms with E-state index in [0.29, 0.717) is 6.04 Å². The molecule has 0 saturated carbocycles. The molecule has 1 unspecified atom stereocenters. The number of hydrogen-bond donors (Lipinski definition) is 2. The van der Waals surface area contributed by atoms with Crippen LogP contribution in [0, 0.1) is 5.92 Å². The number of fused-ring (bicyclic) bond motifs is 3. The molecular formula is C13H18BrN3. The number of nitrogens with two attached hydrogens (primary N) is 1. The second-order valence-corrected chi connectivity index (χ2v) is 6.04. The molecular weight excluding hydrogens is 278 g/mol. The van der Waals surface area contributed by atoms with Crippen LogP contribution < -0.4 is 11.1 Å². The van der Waals surface area contributed by atoms with Gasteiger partial charge in [-0.05, 0) is 50.0 Å². The molecule has 1 aromatic rings. The molecule has 2 bridgehead atoms. The van der Waals surface area contributed by atoms with Crippen molar-refractivity contribution in [3.63, 3.8) is 0 Å². The zero-order valence-corrected chi connectivity index (χ0v) is 11.4. The first kappa shape index (κ1) is 11.4. The van der Waals surface area contributed by atoms with E-state index in [2.05, 4.69) is 32.2 Å². The lowest BCUT2D eigenvalue weighted by Gasteiger charge is -2.45. The summed E-state index contributed by atoms with van der Waals surface area (Å²) in [6, 6.07) is 6.58. The largest absolute Gasteiger partial charge is 0.397 e. The summed E-state index contributed by atoms with van der Waals surface area (Å²) in [5.74, 6) is 0.818. The van der Waals surface area contributed by atoms with E-state index >= 15 is 0 Å². The van der Waals surface area contributed by atoms with Crippen molar-refractivity contribution in [1.82, 2.24) is 4.90 Å². The third-order valence-electron chi connectivity index (χ3n) is 4.01.